The van der Waals surface area contributed by atoms with E-state index in [4.69, 9.17) is 4.42 Å². The molecule has 0 unspecified atom stereocenters. The predicted octanol–water partition coefficient (Wildman–Crippen LogP) is 4.88. The molecule has 0 aliphatic heterocycles. The molecule has 0 aliphatic carbocycles. The third-order valence-corrected chi connectivity index (χ3v) is 5.11. The van der Waals surface area contributed by atoms with Crippen LogP contribution in [-0.2, 0) is 7.05 Å². The molecule has 0 saturated heterocycles. The summed E-state index contributed by atoms with van der Waals surface area (Å²) in [6, 6.07) is 23.2. The van der Waals surface area contributed by atoms with Crippen molar-refractivity contribution in [2.75, 3.05) is 0 Å². The van der Waals surface area contributed by atoms with Gasteiger partial charge in [0.1, 0.15) is 11.2 Å². The Morgan fingerprint density at radius 1 is 0.926 bits per heavy atom. The van der Waals surface area contributed by atoms with E-state index in [0.717, 1.165) is 28.2 Å². The fourth-order valence-electron chi connectivity index (χ4n) is 3.89. The SMILES string of the molecule is Cc1nc2cc(C)c(-c3n(-c4ccccc4)c4ccccc4[n+]3C)cc2o1. The number of nitrogens with zero attached hydrogens (tertiary/aromatic N) is 3. The standard InChI is InChI=1S/C23H20N3O/c1-15-13-19-22(27-16(2)24-19)14-18(15)23-25(3)20-11-7-8-12-21(20)26(23)17-9-5-4-6-10-17/h4-14H,1-3H3/q+1. The minimum atomic E-state index is 0.689. The van der Waals surface area contributed by atoms with Crippen molar-refractivity contribution < 1.29 is 8.98 Å². The second-order valence-electron chi connectivity index (χ2n) is 6.91. The molecule has 0 N–H and O–H groups in total. The summed E-state index contributed by atoms with van der Waals surface area (Å²) in [5, 5.41) is 0. The van der Waals surface area contributed by atoms with Gasteiger partial charge in [-0.2, -0.15) is 4.57 Å². The van der Waals surface area contributed by atoms with Gasteiger partial charge in [-0.05, 0) is 48.9 Å². The van der Waals surface area contributed by atoms with Crippen LogP contribution < -0.4 is 4.57 Å². The van der Waals surface area contributed by atoms with E-state index in [2.05, 4.69) is 88.8 Å². The molecule has 0 amide bonds. The average Bonchev–Trinajstić information content (AvgIpc) is 3.18. The lowest BCUT2D eigenvalue weighted by Gasteiger charge is -2.06. The zero-order valence-electron chi connectivity index (χ0n) is 15.6. The quantitative estimate of drug-likeness (QED) is 0.424. The van der Waals surface area contributed by atoms with Gasteiger partial charge in [0.25, 0.3) is 5.82 Å². The van der Waals surface area contributed by atoms with Crippen molar-refractivity contribution in [1.82, 2.24) is 9.55 Å². The van der Waals surface area contributed by atoms with E-state index in [9.17, 15) is 0 Å². The molecule has 0 radical (unpaired) electrons. The van der Waals surface area contributed by atoms with Gasteiger partial charge in [-0.3, -0.25) is 0 Å². The molecule has 5 aromatic rings. The largest absolute Gasteiger partial charge is 0.441 e. The second kappa shape index (κ2) is 5.81. The fraction of sp³-hybridized carbons (Fsp3) is 0.130. The summed E-state index contributed by atoms with van der Waals surface area (Å²) >= 11 is 0. The number of oxazole rings is 1. The topological polar surface area (TPSA) is 34.8 Å². The molecule has 3 aromatic carbocycles. The van der Waals surface area contributed by atoms with Crippen molar-refractivity contribution >= 4 is 22.1 Å². The van der Waals surface area contributed by atoms with E-state index in [1.807, 2.05) is 13.0 Å². The van der Waals surface area contributed by atoms with E-state index < -0.39 is 0 Å². The first-order valence-electron chi connectivity index (χ1n) is 9.06. The molecular weight excluding hydrogens is 334 g/mol. The lowest BCUT2D eigenvalue weighted by atomic mass is 10.1. The number of aryl methyl sites for hydroxylation is 3. The first-order valence-corrected chi connectivity index (χ1v) is 9.06. The van der Waals surface area contributed by atoms with Crippen LogP contribution in [0.2, 0.25) is 0 Å². The van der Waals surface area contributed by atoms with E-state index >= 15 is 0 Å². The highest BCUT2D eigenvalue weighted by molar-refractivity contribution is 5.84. The highest BCUT2D eigenvalue weighted by Gasteiger charge is 2.27. The van der Waals surface area contributed by atoms with Gasteiger partial charge in [-0.25, -0.2) is 9.55 Å². The second-order valence-corrected chi connectivity index (χ2v) is 6.91. The Labute approximate surface area is 157 Å². The maximum Gasteiger partial charge on any atom is 0.295 e. The predicted molar refractivity (Wildman–Crippen MR) is 107 cm³/mol. The van der Waals surface area contributed by atoms with Crippen LogP contribution in [0.25, 0.3) is 39.2 Å². The minimum absolute atomic E-state index is 0.689. The molecule has 2 heterocycles. The van der Waals surface area contributed by atoms with Gasteiger partial charge in [0, 0.05) is 6.92 Å². The number of hydrogen-bond donors (Lipinski definition) is 0. The Hall–Kier alpha value is -3.40. The Bertz CT molecular complexity index is 1300. The smallest absolute Gasteiger partial charge is 0.295 e. The average molecular weight is 354 g/mol. The summed E-state index contributed by atoms with van der Waals surface area (Å²) in [5.74, 6) is 1.81. The number of aromatic nitrogens is 3. The number of fused-ring (bicyclic) bond motifs is 2. The van der Waals surface area contributed by atoms with Gasteiger partial charge < -0.3 is 4.42 Å². The van der Waals surface area contributed by atoms with Crippen molar-refractivity contribution in [1.29, 1.82) is 0 Å². The molecule has 0 bridgehead atoms. The normalized spacial score (nSPS) is 11.5. The number of para-hydroxylation sites is 3. The fourth-order valence-corrected chi connectivity index (χ4v) is 3.89. The van der Waals surface area contributed by atoms with Gasteiger partial charge in [-0.15, -0.1) is 0 Å². The molecule has 0 atom stereocenters. The lowest BCUT2D eigenvalue weighted by Crippen LogP contribution is -2.30. The van der Waals surface area contributed by atoms with Crippen molar-refractivity contribution in [3.05, 3.63) is 78.2 Å². The van der Waals surface area contributed by atoms with Crippen molar-refractivity contribution in [2.45, 2.75) is 13.8 Å². The monoisotopic (exact) mass is 354 g/mol. The summed E-state index contributed by atoms with van der Waals surface area (Å²) < 4.78 is 10.4. The maximum absolute atomic E-state index is 5.81. The van der Waals surface area contributed by atoms with E-state index in [1.54, 1.807) is 0 Å². The molecule has 4 nitrogen and oxygen atoms in total. The van der Waals surface area contributed by atoms with Gasteiger partial charge in [0.05, 0.1) is 12.6 Å². The van der Waals surface area contributed by atoms with E-state index in [0.29, 0.717) is 5.89 Å². The highest BCUT2D eigenvalue weighted by Crippen LogP contribution is 2.31. The van der Waals surface area contributed by atoms with Crippen molar-refractivity contribution in [3.8, 4) is 17.1 Å². The zero-order valence-corrected chi connectivity index (χ0v) is 15.6. The molecule has 0 fully saturated rings. The summed E-state index contributed by atoms with van der Waals surface area (Å²) in [5.41, 5.74) is 7.53. The van der Waals surface area contributed by atoms with E-state index in [1.165, 1.54) is 16.6 Å². The zero-order chi connectivity index (χ0) is 18.5. The molecular formula is C23H20N3O+. The molecule has 0 spiro atoms. The van der Waals surface area contributed by atoms with Crippen LogP contribution in [0.4, 0.5) is 0 Å². The van der Waals surface area contributed by atoms with Crippen LogP contribution in [0, 0.1) is 13.8 Å². The summed E-state index contributed by atoms with van der Waals surface area (Å²) in [7, 11) is 2.12. The first-order chi connectivity index (χ1) is 13.1. The van der Waals surface area contributed by atoms with Crippen molar-refractivity contribution in [3.63, 3.8) is 0 Å². The molecule has 132 valence electrons. The van der Waals surface area contributed by atoms with Crippen molar-refractivity contribution in [2.24, 2.45) is 7.05 Å². The first kappa shape index (κ1) is 15.8. The molecule has 2 aromatic heterocycles. The van der Waals surface area contributed by atoms with Gasteiger partial charge in [0.2, 0.25) is 0 Å². The third kappa shape index (κ3) is 2.37. The Kier molecular flexibility index (Phi) is 3.41. The van der Waals surface area contributed by atoms with E-state index in [-0.39, 0.29) is 0 Å². The number of hydrogen-bond acceptors (Lipinski definition) is 2. The summed E-state index contributed by atoms with van der Waals surface area (Å²) in [4.78, 5) is 4.47. The van der Waals surface area contributed by atoms with Crippen LogP contribution in [0.15, 0.2) is 71.1 Å². The summed E-state index contributed by atoms with van der Waals surface area (Å²) in [6.45, 7) is 4.02. The Balaban J connectivity index is 1.91. The molecule has 0 saturated carbocycles. The highest BCUT2D eigenvalue weighted by atomic mass is 16.3. The van der Waals surface area contributed by atoms with Crippen LogP contribution in [0.5, 0.6) is 0 Å². The molecule has 0 aliphatic rings. The number of rotatable bonds is 2. The van der Waals surface area contributed by atoms with Gasteiger partial charge in [0.15, 0.2) is 22.5 Å². The van der Waals surface area contributed by atoms with Crippen LogP contribution in [-0.4, -0.2) is 9.55 Å². The van der Waals surface area contributed by atoms with Crippen LogP contribution >= 0.6 is 0 Å². The third-order valence-electron chi connectivity index (χ3n) is 5.11. The Morgan fingerprint density at radius 3 is 2.48 bits per heavy atom. The Morgan fingerprint density at radius 2 is 1.67 bits per heavy atom. The molecule has 4 heteroatoms. The van der Waals surface area contributed by atoms with Crippen LogP contribution in [0.1, 0.15) is 11.5 Å². The van der Waals surface area contributed by atoms with Gasteiger partial charge in [-0.1, -0.05) is 30.3 Å². The lowest BCUT2D eigenvalue weighted by molar-refractivity contribution is -0.633. The maximum atomic E-state index is 5.81. The molecule has 27 heavy (non-hydrogen) atoms. The molecule has 5 rings (SSSR count). The van der Waals surface area contributed by atoms with Gasteiger partial charge >= 0.3 is 0 Å². The minimum Gasteiger partial charge on any atom is -0.441 e. The van der Waals surface area contributed by atoms with Crippen LogP contribution in [0.3, 0.4) is 0 Å². The number of benzene rings is 3. The number of imidazole rings is 1. The summed E-state index contributed by atoms with van der Waals surface area (Å²) in [6.07, 6.45) is 0.